The van der Waals surface area contributed by atoms with Crippen molar-refractivity contribution >= 4 is 21.6 Å². The number of rotatable bonds is 3. The minimum absolute atomic E-state index is 0.247. The largest absolute Gasteiger partial charge is 0.378 e. The molecule has 0 aliphatic heterocycles. The van der Waals surface area contributed by atoms with Gasteiger partial charge in [-0.2, -0.15) is 5.10 Å². The first-order valence-corrected chi connectivity index (χ1v) is 6.37. The minimum Gasteiger partial charge on any atom is -0.378 e. The molecule has 2 aromatic rings. The van der Waals surface area contributed by atoms with Gasteiger partial charge in [0.15, 0.2) is 0 Å². The van der Waals surface area contributed by atoms with Gasteiger partial charge in [0, 0.05) is 29.0 Å². The quantitative estimate of drug-likeness (QED) is 0.936. The first-order chi connectivity index (χ1) is 8.08. The normalized spacial score (nSPS) is 12.5. The summed E-state index contributed by atoms with van der Waals surface area (Å²) in [5.41, 5.74) is 3.56. The lowest BCUT2D eigenvalue weighted by molar-refractivity contribution is 0.765. The van der Waals surface area contributed by atoms with E-state index < -0.39 is 0 Å². The molecule has 0 fully saturated rings. The van der Waals surface area contributed by atoms with Crippen LogP contribution in [0.5, 0.6) is 0 Å². The number of benzene rings is 1. The highest BCUT2D eigenvalue weighted by molar-refractivity contribution is 9.10. The lowest BCUT2D eigenvalue weighted by Gasteiger charge is -2.16. The van der Waals surface area contributed by atoms with Crippen molar-refractivity contribution in [1.29, 1.82) is 0 Å². The molecule has 0 aliphatic rings. The standard InChI is InChI=1S/C13H16BrN3/c1-9-12(14)5-4-6-13(9)16-10(2)11-7-15-17(3)8-11/h4-8,10,16H,1-3H3. The third-order valence-corrected chi connectivity index (χ3v) is 3.72. The second-order valence-electron chi connectivity index (χ2n) is 4.23. The Morgan fingerprint density at radius 1 is 1.41 bits per heavy atom. The summed E-state index contributed by atoms with van der Waals surface area (Å²) >= 11 is 3.54. The number of hydrogen-bond donors (Lipinski definition) is 1. The van der Waals surface area contributed by atoms with Crippen LogP contribution in [0.3, 0.4) is 0 Å². The second kappa shape index (κ2) is 4.92. The number of aryl methyl sites for hydroxylation is 1. The van der Waals surface area contributed by atoms with E-state index in [2.05, 4.69) is 52.3 Å². The van der Waals surface area contributed by atoms with E-state index in [1.807, 2.05) is 30.2 Å². The van der Waals surface area contributed by atoms with E-state index in [9.17, 15) is 0 Å². The van der Waals surface area contributed by atoms with Gasteiger partial charge in [-0.25, -0.2) is 0 Å². The molecule has 1 atom stereocenters. The molecule has 0 bridgehead atoms. The fourth-order valence-corrected chi connectivity index (χ4v) is 2.11. The SMILES string of the molecule is Cc1c(Br)cccc1NC(C)c1cnn(C)c1. The van der Waals surface area contributed by atoms with Gasteiger partial charge >= 0.3 is 0 Å². The van der Waals surface area contributed by atoms with E-state index in [1.165, 1.54) is 11.1 Å². The van der Waals surface area contributed by atoms with E-state index in [0.717, 1.165) is 10.2 Å². The second-order valence-corrected chi connectivity index (χ2v) is 5.08. The Morgan fingerprint density at radius 3 is 2.82 bits per heavy atom. The topological polar surface area (TPSA) is 29.9 Å². The number of nitrogens with one attached hydrogen (secondary N) is 1. The molecule has 0 spiro atoms. The first-order valence-electron chi connectivity index (χ1n) is 5.58. The molecular weight excluding hydrogens is 278 g/mol. The first kappa shape index (κ1) is 12.2. The van der Waals surface area contributed by atoms with Crippen molar-refractivity contribution < 1.29 is 0 Å². The number of aromatic nitrogens is 2. The van der Waals surface area contributed by atoms with Crippen molar-refractivity contribution in [1.82, 2.24) is 9.78 Å². The zero-order valence-corrected chi connectivity index (χ0v) is 11.8. The molecule has 17 heavy (non-hydrogen) atoms. The Hall–Kier alpha value is -1.29. The van der Waals surface area contributed by atoms with E-state index >= 15 is 0 Å². The molecule has 0 amide bonds. The molecular formula is C13H16BrN3. The summed E-state index contributed by atoms with van der Waals surface area (Å²) in [6.45, 7) is 4.24. The van der Waals surface area contributed by atoms with Crippen LogP contribution in [0.2, 0.25) is 0 Å². The predicted octanol–water partition coefficient (Wildman–Crippen LogP) is 3.66. The van der Waals surface area contributed by atoms with Crippen LogP contribution in [-0.2, 0) is 7.05 Å². The van der Waals surface area contributed by atoms with E-state index in [-0.39, 0.29) is 6.04 Å². The van der Waals surface area contributed by atoms with Crippen molar-refractivity contribution in [2.75, 3.05) is 5.32 Å². The third kappa shape index (κ3) is 2.69. The molecule has 1 N–H and O–H groups in total. The van der Waals surface area contributed by atoms with E-state index in [1.54, 1.807) is 0 Å². The summed E-state index contributed by atoms with van der Waals surface area (Å²) in [6, 6.07) is 6.43. The molecule has 0 saturated heterocycles. The van der Waals surface area contributed by atoms with Gasteiger partial charge < -0.3 is 5.32 Å². The maximum atomic E-state index is 4.19. The van der Waals surface area contributed by atoms with Crippen LogP contribution < -0.4 is 5.32 Å². The van der Waals surface area contributed by atoms with Crippen LogP contribution >= 0.6 is 15.9 Å². The van der Waals surface area contributed by atoms with Crippen LogP contribution in [0.1, 0.15) is 24.1 Å². The lowest BCUT2D eigenvalue weighted by Crippen LogP contribution is -2.07. The Bertz CT molecular complexity index is 519. The zero-order valence-electron chi connectivity index (χ0n) is 10.2. The minimum atomic E-state index is 0.247. The molecule has 4 heteroatoms. The monoisotopic (exact) mass is 293 g/mol. The van der Waals surface area contributed by atoms with Gasteiger partial charge in [-0.05, 0) is 31.5 Å². The van der Waals surface area contributed by atoms with E-state index in [4.69, 9.17) is 0 Å². The van der Waals surface area contributed by atoms with Gasteiger partial charge in [-0.3, -0.25) is 4.68 Å². The van der Waals surface area contributed by atoms with Gasteiger partial charge in [-0.1, -0.05) is 22.0 Å². The number of halogens is 1. The molecule has 1 heterocycles. The summed E-state index contributed by atoms with van der Waals surface area (Å²) in [5, 5.41) is 7.68. The lowest BCUT2D eigenvalue weighted by atomic mass is 10.1. The summed E-state index contributed by atoms with van der Waals surface area (Å²) in [6.07, 6.45) is 3.93. The Balaban J connectivity index is 2.18. The maximum Gasteiger partial charge on any atom is 0.0542 e. The van der Waals surface area contributed by atoms with Crippen LogP contribution in [-0.4, -0.2) is 9.78 Å². The molecule has 2 rings (SSSR count). The van der Waals surface area contributed by atoms with Crippen LogP contribution in [0, 0.1) is 6.92 Å². The van der Waals surface area contributed by atoms with Gasteiger partial charge in [0.25, 0.3) is 0 Å². The van der Waals surface area contributed by atoms with Crippen molar-refractivity contribution in [3.63, 3.8) is 0 Å². The van der Waals surface area contributed by atoms with Crippen molar-refractivity contribution in [3.05, 3.63) is 46.2 Å². The van der Waals surface area contributed by atoms with Crippen LogP contribution in [0.4, 0.5) is 5.69 Å². The zero-order chi connectivity index (χ0) is 12.4. The highest BCUT2D eigenvalue weighted by Gasteiger charge is 2.09. The predicted molar refractivity (Wildman–Crippen MR) is 74.1 cm³/mol. The third-order valence-electron chi connectivity index (χ3n) is 2.86. The van der Waals surface area contributed by atoms with Crippen molar-refractivity contribution in [2.45, 2.75) is 19.9 Å². The molecule has 0 radical (unpaired) electrons. The van der Waals surface area contributed by atoms with Crippen molar-refractivity contribution in [3.8, 4) is 0 Å². The highest BCUT2D eigenvalue weighted by Crippen LogP contribution is 2.26. The fraction of sp³-hybridized carbons (Fsp3) is 0.308. The molecule has 90 valence electrons. The molecule has 3 nitrogen and oxygen atoms in total. The van der Waals surface area contributed by atoms with Crippen LogP contribution in [0.15, 0.2) is 35.1 Å². The van der Waals surface area contributed by atoms with Crippen LogP contribution in [0.25, 0.3) is 0 Å². The Labute approximate surface area is 110 Å². The average Bonchev–Trinajstić information content (AvgIpc) is 2.72. The molecule has 0 saturated carbocycles. The molecule has 0 aliphatic carbocycles. The molecule has 1 aromatic carbocycles. The van der Waals surface area contributed by atoms with Gasteiger partial charge in [0.1, 0.15) is 0 Å². The molecule has 1 aromatic heterocycles. The smallest absolute Gasteiger partial charge is 0.0542 e. The summed E-state index contributed by atoms with van der Waals surface area (Å²) in [4.78, 5) is 0. The van der Waals surface area contributed by atoms with E-state index in [0.29, 0.717) is 0 Å². The summed E-state index contributed by atoms with van der Waals surface area (Å²) in [5.74, 6) is 0. The summed E-state index contributed by atoms with van der Waals surface area (Å²) < 4.78 is 2.95. The number of anilines is 1. The Kier molecular flexibility index (Phi) is 3.52. The average molecular weight is 294 g/mol. The highest BCUT2D eigenvalue weighted by atomic mass is 79.9. The van der Waals surface area contributed by atoms with Gasteiger partial charge in [0.05, 0.1) is 12.2 Å². The molecule has 1 unspecified atom stereocenters. The number of nitrogens with zero attached hydrogens (tertiary/aromatic N) is 2. The van der Waals surface area contributed by atoms with Gasteiger partial charge in [0.2, 0.25) is 0 Å². The van der Waals surface area contributed by atoms with Gasteiger partial charge in [-0.15, -0.1) is 0 Å². The number of hydrogen-bond acceptors (Lipinski definition) is 2. The fourth-order valence-electron chi connectivity index (χ4n) is 1.74. The Morgan fingerprint density at radius 2 is 2.18 bits per heavy atom. The maximum absolute atomic E-state index is 4.19. The van der Waals surface area contributed by atoms with Crippen molar-refractivity contribution in [2.24, 2.45) is 7.05 Å². The summed E-state index contributed by atoms with van der Waals surface area (Å²) in [7, 11) is 1.93.